The summed E-state index contributed by atoms with van der Waals surface area (Å²) in [5.74, 6) is -0.717. The number of benzene rings is 4. The van der Waals surface area contributed by atoms with Gasteiger partial charge in [-0.1, -0.05) is 54.6 Å². The minimum absolute atomic E-state index is 0.0439. The summed E-state index contributed by atoms with van der Waals surface area (Å²) in [7, 11) is -4.33. The zero-order valence-corrected chi connectivity index (χ0v) is 21.0. The number of nitrogens with zero attached hydrogens (tertiary/aromatic N) is 2. The fourth-order valence-electron chi connectivity index (χ4n) is 3.49. The van der Waals surface area contributed by atoms with Gasteiger partial charge < -0.3 is 9.84 Å². The van der Waals surface area contributed by atoms with Crippen LogP contribution in [-0.2, 0) is 16.6 Å². The first-order chi connectivity index (χ1) is 18.7. The quantitative estimate of drug-likeness (QED) is 0.133. The number of sulfonamides is 1. The highest BCUT2D eigenvalue weighted by Crippen LogP contribution is 2.29. The Hall–Kier alpha value is -5.23. The molecule has 0 aliphatic heterocycles. The van der Waals surface area contributed by atoms with Crippen LogP contribution in [0.2, 0.25) is 0 Å². The number of hydrazone groups is 1. The summed E-state index contributed by atoms with van der Waals surface area (Å²) in [6, 6.07) is 25.4. The van der Waals surface area contributed by atoms with Crippen LogP contribution in [0.15, 0.2) is 107 Å². The molecular weight excluding hydrogens is 524 g/mol. The Kier molecular flexibility index (Phi) is 8.17. The van der Waals surface area contributed by atoms with Crippen molar-refractivity contribution in [2.24, 2.45) is 5.10 Å². The number of carboxylic acids is 1. The smallest absolute Gasteiger partial charge is 0.337 e. The Morgan fingerprint density at radius 1 is 0.949 bits per heavy atom. The first kappa shape index (κ1) is 26.8. The number of nitro benzene ring substituents is 1. The van der Waals surface area contributed by atoms with E-state index >= 15 is 0 Å². The number of rotatable bonds is 11. The molecule has 4 aromatic carbocycles. The topological polar surface area (TPSA) is 160 Å². The Morgan fingerprint density at radius 2 is 1.69 bits per heavy atom. The van der Waals surface area contributed by atoms with Gasteiger partial charge in [0.15, 0.2) is 0 Å². The maximum Gasteiger partial charge on any atom is 0.337 e. The van der Waals surface area contributed by atoms with E-state index in [2.05, 4.69) is 15.2 Å². The zero-order valence-electron chi connectivity index (χ0n) is 20.2. The summed E-state index contributed by atoms with van der Waals surface area (Å²) in [6.45, 7) is 0.387. The molecule has 0 aliphatic carbocycles. The molecule has 4 aromatic rings. The maximum absolute atomic E-state index is 12.8. The second kappa shape index (κ2) is 11.9. The first-order valence-electron chi connectivity index (χ1n) is 11.4. The van der Waals surface area contributed by atoms with Crippen molar-refractivity contribution < 1.29 is 28.0 Å². The summed E-state index contributed by atoms with van der Waals surface area (Å²) in [5.41, 5.74) is 3.22. The molecule has 39 heavy (non-hydrogen) atoms. The van der Waals surface area contributed by atoms with E-state index in [1.165, 1.54) is 36.5 Å². The Labute approximate surface area is 223 Å². The van der Waals surface area contributed by atoms with Gasteiger partial charge in [0.1, 0.15) is 18.0 Å². The number of carbonyl (C=O) groups is 1. The van der Waals surface area contributed by atoms with E-state index in [4.69, 9.17) is 4.74 Å². The second-order valence-corrected chi connectivity index (χ2v) is 9.79. The summed E-state index contributed by atoms with van der Waals surface area (Å²) in [6.07, 6.45) is 1.44. The van der Waals surface area contributed by atoms with Gasteiger partial charge in [0.05, 0.1) is 27.3 Å². The van der Waals surface area contributed by atoms with Crippen molar-refractivity contribution in [3.8, 4) is 5.75 Å². The largest absolute Gasteiger partial charge is 0.489 e. The molecule has 0 atom stereocenters. The molecule has 11 nitrogen and oxygen atoms in total. The number of para-hydroxylation sites is 1. The van der Waals surface area contributed by atoms with Gasteiger partial charge in [0.25, 0.3) is 15.7 Å². The van der Waals surface area contributed by atoms with Crippen LogP contribution >= 0.6 is 0 Å². The van der Waals surface area contributed by atoms with E-state index in [1.54, 1.807) is 24.3 Å². The standard InChI is InChI=1S/C27H22N4O7S/c32-27(33)23-11-4-5-12-24(23)30-39(36,37)22-13-14-25(26(16-22)31(34)35)29-28-17-20-9-6-10-21(15-20)38-18-19-7-2-1-3-8-19/h1-17,29-30H,18H2,(H,32,33). The van der Waals surface area contributed by atoms with Crippen LogP contribution < -0.4 is 14.9 Å². The van der Waals surface area contributed by atoms with Crippen molar-refractivity contribution in [2.75, 3.05) is 10.1 Å². The van der Waals surface area contributed by atoms with Gasteiger partial charge in [-0.3, -0.25) is 20.3 Å². The summed E-state index contributed by atoms with van der Waals surface area (Å²) < 4.78 is 33.7. The normalized spacial score (nSPS) is 11.2. The predicted octanol–water partition coefficient (Wildman–Crippen LogP) is 5.12. The summed E-state index contributed by atoms with van der Waals surface area (Å²) in [5, 5.41) is 25.0. The predicted molar refractivity (Wildman–Crippen MR) is 146 cm³/mol. The van der Waals surface area contributed by atoms with Gasteiger partial charge >= 0.3 is 5.97 Å². The van der Waals surface area contributed by atoms with Crippen molar-refractivity contribution in [1.82, 2.24) is 0 Å². The molecule has 0 saturated heterocycles. The number of carboxylic acid groups (broad SMARTS) is 1. The molecule has 3 N–H and O–H groups in total. The summed E-state index contributed by atoms with van der Waals surface area (Å²) >= 11 is 0. The average molecular weight is 547 g/mol. The van der Waals surface area contributed by atoms with Crippen LogP contribution in [0.4, 0.5) is 17.1 Å². The van der Waals surface area contributed by atoms with E-state index < -0.39 is 31.5 Å². The molecule has 0 aromatic heterocycles. The third kappa shape index (κ3) is 6.96. The number of nitro groups is 1. The van der Waals surface area contributed by atoms with E-state index in [-0.39, 0.29) is 16.9 Å². The lowest BCUT2D eigenvalue weighted by atomic mass is 10.2. The maximum atomic E-state index is 12.8. The Balaban J connectivity index is 1.48. The highest BCUT2D eigenvalue weighted by molar-refractivity contribution is 7.92. The van der Waals surface area contributed by atoms with E-state index in [0.717, 1.165) is 17.7 Å². The minimum atomic E-state index is -4.33. The third-order valence-corrected chi connectivity index (χ3v) is 6.75. The second-order valence-electron chi connectivity index (χ2n) is 8.11. The number of hydrogen-bond acceptors (Lipinski definition) is 8. The third-order valence-electron chi connectivity index (χ3n) is 5.38. The summed E-state index contributed by atoms with van der Waals surface area (Å²) in [4.78, 5) is 21.9. The minimum Gasteiger partial charge on any atom is -0.489 e. The monoisotopic (exact) mass is 546 g/mol. The molecule has 0 heterocycles. The van der Waals surface area contributed by atoms with Crippen molar-refractivity contribution in [2.45, 2.75) is 11.5 Å². The van der Waals surface area contributed by atoms with E-state index in [9.17, 15) is 28.4 Å². The van der Waals surface area contributed by atoms with Crippen LogP contribution in [0, 0.1) is 10.1 Å². The van der Waals surface area contributed by atoms with Crippen LogP contribution in [0.5, 0.6) is 5.75 Å². The average Bonchev–Trinajstić information content (AvgIpc) is 2.92. The van der Waals surface area contributed by atoms with Crippen molar-refractivity contribution in [3.63, 3.8) is 0 Å². The van der Waals surface area contributed by atoms with E-state index in [1.807, 2.05) is 30.3 Å². The van der Waals surface area contributed by atoms with Crippen molar-refractivity contribution in [1.29, 1.82) is 0 Å². The van der Waals surface area contributed by atoms with Crippen LogP contribution in [0.3, 0.4) is 0 Å². The lowest BCUT2D eigenvalue weighted by Gasteiger charge is -2.11. The number of hydrogen-bond donors (Lipinski definition) is 3. The lowest BCUT2D eigenvalue weighted by Crippen LogP contribution is -2.16. The van der Waals surface area contributed by atoms with Gasteiger partial charge in [-0.15, -0.1) is 0 Å². The molecular formula is C27H22N4O7S. The van der Waals surface area contributed by atoms with Crippen molar-refractivity contribution >= 4 is 39.3 Å². The molecule has 0 unspecified atom stereocenters. The molecule has 0 fully saturated rings. The highest BCUT2D eigenvalue weighted by Gasteiger charge is 2.23. The molecule has 0 spiro atoms. The molecule has 198 valence electrons. The zero-order chi connectivity index (χ0) is 27.8. The molecule has 0 saturated carbocycles. The highest BCUT2D eigenvalue weighted by atomic mass is 32.2. The lowest BCUT2D eigenvalue weighted by molar-refractivity contribution is -0.384. The van der Waals surface area contributed by atoms with Gasteiger partial charge in [-0.05, 0) is 47.5 Å². The fraction of sp³-hybridized carbons (Fsp3) is 0.0370. The van der Waals surface area contributed by atoms with Crippen LogP contribution in [0.1, 0.15) is 21.5 Å². The molecule has 0 amide bonds. The van der Waals surface area contributed by atoms with Gasteiger partial charge in [-0.25, -0.2) is 13.2 Å². The van der Waals surface area contributed by atoms with Crippen LogP contribution in [-0.4, -0.2) is 30.6 Å². The van der Waals surface area contributed by atoms with Crippen LogP contribution in [0.25, 0.3) is 0 Å². The van der Waals surface area contributed by atoms with Crippen molar-refractivity contribution in [3.05, 3.63) is 124 Å². The molecule has 12 heteroatoms. The van der Waals surface area contributed by atoms with Gasteiger partial charge in [-0.2, -0.15) is 5.10 Å². The molecule has 4 rings (SSSR count). The number of aromatic carboxylic acids is 1. The SMILES string of the molecule is O=C(O)c1ccccc1NS(=O)(=O)c1ccc(NN=Cc2cccc(OCc3ccccc3)c2)c([N+](=O)[O-])c1. The van der Waals surface area contributed by atoms with E-state index in [0.29, 0.717) is 17.9 Å². The fourth-order valence-corrected chi connectivity index (χ4v) is 4.59. The first-order valence-corrected chi connectivity index (χ1v) is 12.9. The van der Waals surface area contributed by atoms with Gasteiger partial charge in [0, 0.05) is 6.07 Å². The number of ether oxygens (including phenoxy) is 1. The van der Waals surface area contributed by atoms with Gasteiger partial charge in [0.2, 0.25) is 0 Å². The molecule has 0 aliphatic rings. The number of anilines is 2. The number of nitrogens with one attached hydrogen (secondary N) is 2. The Morgan fingerprint density at radius 3 is 2.44 bits per heavy atom. The Bertz CT molecular complexity index is 1640. The molecule has 0 bridgehead atoms. The molecule has 0 radical (unpaired) electrons.